The number of carbonyl (C=O) groups excluding carboxylic acids is 1. The van der Waals surface area contributed by atoms with E-state index in [0.717, 1.165) is 10.4 Å². The van der Waals surface area contributed by atoms with Gasteiger partial charge in [-0.15, -0.1) is 11.3 Å². The van der Waals surface area contributed by atoms with Gasteiger partial charge in [-0.25, -0.2) is 4.79 Å². The number of aryl methyl sites for hydroxylation is 1. The third-order valence-corrected chi connectivity index (χ3v) is 3.07. The lowest BCUT2D eigenvalue weighted by Crippen LogP contribution is -2.42. The number of aliphatic hydroxyl groups is 1. The first kappa shape index (κ1) is 13.4. The zero-order chi connectivity index (χ0) is 12.8. The summed E-state index contributed by atoms with van der Waals surface area (Å²) in [6, 6.07) is 0.660. The molecule has 0 aliphatic rings. The maximum atomic E-state index is 11.4. The normalized spacial score (nSPS) is 12.6. The molecule has 0 saturated heterocycles. The molecular weight excluding hydrogens is 242 g/mol. The van der Waals surface area contributed by atoms with Crippen LogP contribution in [0, 0.1) is 6.92 Å². The van der Waals surface area contributed by atoms with Gasteiger partial charge in [0.05, 0.1) is 6.61 Å². The van der Waals surface area contributed by atoms with Crippen LogP contribution in [-0.2, 0) is 9.59 Å². The number of carboxylic acid groups (broad SMARTS) is 1. The molecule has 0 aliphatic carbocycles. The average Bonchev–Trinajstić information content (AvgIpc) is 2.68. The van der Waals surface area contributed by atoms with E-state index in [1.54, 1.807) is 6.08 Å². The average molecular weight is 255 g/mol. The van der Waals surface area contributed by atoms with Crippen LogP contribution in [-0.4, -0.2) is 34.7 Å². The van der Waals surface area contributed by atoms with E-state index in [1.807, 2.05) is 18.4 Å². The number of hydrogen-bond donors (Lipinski definition) is 3. The Morgan fingerprint density at radius 2 is 2.29 bits per heavy atom. The van der Waals surface area contributed by atoms with Crippen LogP contribution >= 0.6 is 11.3 Å². The summed E-state index contributed by atoms with van der Waals surface area (Å²) in [4.78, 5) is 22.9. The van der Waals surface area contributed by atoms with Crippen LogP contribution in [0.3, 0.4) is 0 Å². The summed E-state index contributed by atoms with van der Waals surface area (Å²) in [7, 11) is 0. The lowest BCUT2D eigenvalue weighted by atomic mass is 10.2. The third kappa shape index (κ3) is 4.01. The molecule has 6 heteroatoms. The molecule has 0 saturated carbocycles. The van der Waals surface area contributed by atoms with Crippen LogP contribution in [0.1, 0.15) is 10.4 Å². The van der Waals surface area contributed by atoms with Crippen molar-refractivity contribution in [3.05, 3.63) is 28.0 Å². The number of aliphatic carboxylic acids is 1. The van der Waals surface area contributed by atoms with E-state index in [4.69, 9.17) is 10.2 Å². The largest absolute Gasteiger partial charge is 0.480 e. The smallest absolute Gasteiger partial charge is 0.328 e. The monoisotopic (exact) mass is 255 g/mol. The zero-order valence-corrected chi connectivity index (χ0v) is 10.0. The molecule has 1 atom stereocenters. The van der Waals surface area contributed by atoms with Gasteiger partial charge in [0.15, 0.2) is 6.04 Å². The molecule has 0 radical (unpaired) electrons. The first-order valence-electron chi connectivity index (χ1n) is 4.91. The van der Waals surface area contributed by atoms with Crippen LogP contribution in [0.2, 0.25) is 0 Å². The fraction of sp³-hybridized carbons (Fsp3) is 0.273. The molecule has 1 amide bonds. The fourth-order valence-corrected chi connectivity index (χ4v) is 1.93. The number of rotatable bonds is 5. The molecule has 0 bridgehead atoms. The molecule has 92 valence electrons. The second-order valence-electron chi connectivity index (χ2n) is 3.38. The van der Waals surface area contributed by atoms with Gasteiger partial charge in [0, 0.05) is 11.0 Å². The number of aliphatic hydroxyl groups excluding tert-OH is 1. The second-order valence-corrected chi connectivity index (χ2v) is 4.33. The van der Waals surface area contributed by atoms with E-state index in [2.05, 4.69) is 5.32 Å². The number of nitrogens with one attached hydrogen (secondary N) is 1. The van der Waals surface area contributed by atoms with Gasteiger partial charge in [-0.1, -0.05) is 0 Å². The number of thiophene rings is 1. The quantitative estimate of drug-likeness (QED) is 0.674. The molecule has 0 fully saturated rings. The minimum atomic E-state index is -1.27. The standard InChI is InChI=1S/C11H13NO4S/c1-7-4-5-17-9(7)2-3-10(14)12-8(6-13)11(15)16/h2-5,8,13H,6H2,1H3,(H,12,14)(H,15,16)/b3-2+/t8-/m1/s1. The highest BCUT2D eigenvalue weighted by Gasteiger charge is 2.17. The summed E-state index contributed by atoms with van der Waals surface area (Å²) >= 11 is 1.49. The van der Waals surface area contributed by atoms with Crippen molar-refractivity contribution in [3.8, 4) is 0 Å². The summed E-state index contributed by atoms with van der Waals surface area (Å²) in [5, 5.41) is 21.4. The summed E-state index contributed by atoms with van der Waals surface area (Å²) < 4.78 is 0. The number of amides is 1. The predicted octanol–water partition coefficient (Wildman–Crippen LogP) is 0.631. The number of hydrogen-bond acceptors (Lipinski definition) is 4. The first-order chi connectivity index (χ1) is 8.04. The van der Waals surface area contributed by atoms with Gasteiger partial charge in [-0.2, -0.15) is 0 Å². The molecule has 1 aromatic heterocycles. The predicted molar refractivity (Wildman–Crippen MR) is 64.7 cm³/mol. The topological polar surface area (TPSA) is 86.6 Å². The number of carboxylic acids is 1. The van der Waals surface area contributed by atoms with Gasteiger partial charge >= 0.3 is 5.97 Å². The fourth-order valence-electron chi connectivity index (χ4n) is 1.11. The minimum Gasteiger partial charge on any atom is -0.480 e. The molecule has 0 spiro atoms. The third-order valence-electron chi connectivity index (χ3n) is 2.08. The molecule has 5 nitrogen and oxygen atoms in total. The maximum Gasteiger partial charge on any atom is 0.328 e. The Hall–Kier alpha value is -1.66. The molecule has 1 heterocycles. The highest BCUT2D eigenvalue weighted by atomic mass is 32.1. The van der Waals surface area contributed by atoms with E-state index in [0.29, 0.717) is 0 Å². The van der Waals surface area contributed by atoms with Gasteiger partial charge in [-0.3, -0.25) is 4.79 Å². The second kappa shape index (κ2) is 6.17. The van der Waals surface area contributed by atoms with Gasteiger partial charge in [0.2, 0.25) is 5.91 Å². The van der Waals surface area contributed by atoms with Crippen molar-refractivity contribution in [2.75, 3.05) is 6.61 Å². The Morgan fingerprint density at radius 3 is 2.76 bits per heavy atom. The SMILES string of the molecule is Cc1ccsc1/C=C/C(=O)N[C@H](CO)C(=O)O. The maximum absolute atomic E-state index is 11.4. The van der Waals surface area contributed by atoms with Crippen molar-refractivity contribution < 1.29 is 19.8 Å². The molecule has 0 aromatic carbocycles. The summed E-state index contributed by atoms with van der Waals surface area (Å²) in [5.74, 6) is -1.80. The lowest BCUT2D eigenvalue weighted by Gasteiger charge is -2.08. The van der Waals surface area contributed by atoms with E-state index < -0.39 is 24.5 Å². The Kier molecular flexibility index (Phi) is 4.86. The van der Waals surface area contributed by atoms with Crippen molar-refractivity contribution in [2.45, 2.75) is 13.0 Å². The molecular formula is C11H13NO4S. The number of carbonyl (C=O) groups is 2. The Bertz CT molecular complexity index is 438. The van der Waals surface area contributed by atoms with E-state index in [-0.39, 0.29) is 0 Å². The highest BCUT2D eigenvalue weighted by Crippen LogP contribution is 2.16. The zero-order valence-electron chi connectivity index (χ0n) is 9.21. The summed E-state index contributed by atoms with van der Waals surface area (Å²) in [5.41, 5.74) is 1.05. The summed E-state index contributed by atoms with van der Waals surface area (Å²) in [6.07, 6.45) is 2.87. The highest BCUT2D eigenvalue weighted by molar-refractivity contribution is 7.11. The van der Waals surface area contributed by atoms with E-state index in [9.17, 15) is 9.59 Å². The molecule has 17 heavy (non-hydrogen) atoms. The molecule has 0 aliphatic heterocycles. The van der Waals surface area contributed by atoms with Crippen LogP contribution < -0.4 is 5.32 Å². The first-order valence-corrected chi connectivity index (χ1v) is 5.79. The van der Waals surface area contributed by atoms with Crippen molar-refractivity contribution in [1.29, 1.82) is 0 Å². The van der Waals surface area contributed by atoms with Crippen LogP contribution in [0.4, 0.5) is 0 Å². The van der Waals surface area contributed by atoms with Crippen molar-refractivity contribution in [3.63, 3.8) is 0 Å². The Labute approximate surface area is 102 Å². The lowest BCUT2D eigenvalue weighted by molar-refractivity contribution is -0.142. The Morgan fingerprint density at radius 1 is 1.59 bits per heavy atom. The Balaban J connectivity index is 2.58. The molecule has 1 rings (SSSR count). The van der Waals surface area contributed by atoms with E-state index >= 15 is 0 Å². The van der Waals surface area contributed by atoms with Gasteiger partial charge in [-0.05, 0) is 30.0 Å². The van der Waals surface area contributed by atoms with Crippen molar-refractivity contribution in [1.82, 2.24) is 5.32 Å². The van der Waals surface area contributed by atoms with Crippen LogP contribution in [0.5, 0.6) is 0 Å². The van der Waals surface area contributed by atoms with Gasteiger partial charge < -0.3 is 15.5 Å². The van der Waals surface area contributed by atoms with Crippen LogP contribution in [0.15, 0.2) is 17.5 Å². The molecule has 1 aromatic rings. The summed E-state index contributed by atoms with van der Waals surface area (Å²) in [6.45, 7) is 1.29. The molecule has 0 unspecified atom stereocenters. The molecule has 3 N–H and O–H groups in total. The van der Waals surface area contributed by atoms with Crippen LogP contribution in [0.25, 0.3) is 6.08 Å². The van der Waals surface area contributed by atoms with E-state index in [1.165, 1.54) is 17.4 Å². The van der Waals surface area contributed by atoms with Crippen molar-refractivity contribution >= 4 is 29.3 Å². The van der Waals surface area contributed by atoms with Gasteiger partial charge in [0.1, 0.15) is 0 Å². The van der Waals surface area contributed by atoms with Gasteiger partial charge in [0.25, 0.3) is 0 Å². The minimum absolute atomic E-state index is 0.542. The van der Waals surface area contributed by atoms with Crippen molar-refractivity contribution in [2.24, 2.45) is 0 Å².